The Kier molecular flexibility index (Phi) is 9.03. The number of nitrogens with zero attached hydrogens (tertiary/aromatic N) is 1. The quantitative estimate of drug-likeness (QED) is 0.133. The minimum absolute atomic E-state index is 0.208. The number of hydrogen-bond acceptors (Lipinski definition) is 5. The average Bonchev–Trinajstić information content (AvgIpc) is 2.74. The highest BCUT2D eigenvalue weighted by atomic mass is 79.9. The van der Waals surface area contributed by atoms with Crippen molar-refractivity contribution in [1.82, 2.24) is 5.43 Å². The molecule has 0 unspecified atom stereocenters. The van der Waals surface area contributed by atoms with Gasteiger partial charge in [0.25, 0.3) is 5.91 Å². The predicted molar refractivity (Wildman–Crippen MR) is 136 cm³/mol. The standard InChI is InChI=1S/C22H14Br4N2O4/c23-14-9-18(25)21(19(26)10-14)31-12-20(29)28-27-11-13-5-7-15(8-6-13)32-22(30)16-3-1-2-4-17(16)24/h1-11H,12H2,(H,28,29)/b27-11+. The van der Waals surface area contributed by atoms with Crippen LogP contribution in [0.15, 0.2) is 83.7 Å². The molecule has 0 aliphatic rings. The smallest absolute Gasteiger partial charge is 0.344 e. The molecule has 32 heavy (non-hydrogen) atoms. The fraction of sp³-hybridized carbons (Fsp3) is 0.0455. The number of benzene rings is 3. The number of hydrazone groups is 1. The van der Waals surface area contributed by atoms with E-state index in [0.29, 0.717) is 36.0 Å². The first kappa shape index (κ1) is 24.6. The summed E-state index contributed by atoms with van der Waals surface area (Å²) in [7, 11) is 0. The molecule has 10 heteroatoms. The van der Waals surface area contributed by atoms with Gasteiger partial charge in [-0.15, -0.1) is 0 Å². The number of carbonyl (C=O) groups is 2. The van der Waals surface area contributed by atoms with E-state index in [1.165, 1.54) is 6.21 Å². The summed E-state index contributed by atoms with van der Waals surface area (Å²) in [6, 6.07) is 17.4. The third-order valence-corrected chi connectivity index (χ3v) is 6.23. The lowest BCUT2D eigenvalue weighted by Gasteiger charge is -2.09. The van der Waals surface area contributed by atoms with Crippen LogP contribution in [0.1, 0.15) is 15.9 Å². The van der Waals surface area contributed by atoms with Crippen LogP contribution < -0.4 is 14.9 Å². The van der Waals surface area contributed by atoms with E-state index in [1.807, 2.05) is 18.2 Å². The van der Waals surface area contributed by atoms with Gasteiger partial charge < -0.3 is 9.47 Å². The summed E-state index contributed by atoms with van der Waals surface area (Å²) in [6.45, 7) is -0.208. The van der Waals surface area contributed by atoms with Crippen molar-refractivity contribution in [2.75, 3.05) is 6.61 Å². The second-order valence-corrected chi connectivity index (χ2v) is 9.70. The van der Waals surface area contributed by atoms with E-state index >= 15 is 0 Å². The van der Waals surface area contributed by atoms with Gasteiger partial charge in [0.2, 0.25) is 0 Å². The number of amides is 1. The van der Waals surface area contributed by atoms with Gasteiger partial charge in [0.05, 0.1) is 20.7 Å². The second-order valence-electron chi connectivity index (χ2n) is 6.22. The van der Waals surface area contributed by atoms with E-state index in [9.17, 15) is 9.59 Å². The SMILES string of the molecule is O=C(COc1c(Br)cc(Br)cc1Br)N/N=C/c1ccc(OC(=O)c2ccccc2Br)cc1. The van der Waals surface area contributed by atoms with Crippen molar-refractivity contribution in [1.29, 1.82) is 0 Å². The van der Waals surface area contributed by atoms with E-state index < -0.39 is 11.9 Å². The van der Waals surface area contributed by atoms with Crippen LogP contribution in [0.3, 0.4) is 0 Å². The third-order valence-electron chi connectivity index (χ3n) is 3.90. The van der Waals surface area contributed by atoms with Crippen molar-refractivity contribution < 1.29 is 19.1 Å². The first-order valence-corrected chi connectivity index (χ1v) is 12.2. The Morgan fingerprint density at radius 2 is 1.56 bits per heavy atom. The molecule has 3 aromatic carbocycles. The fourth-order valence-corrected chi connectivity index (χ4v) is 5.36. The first-order valence-electron chi connectivity index (χ1n) is 8.99. The molecule has 0 aliphatic carbocycles. The summed E-state index contributed by atoms with van der Waals surface area (Å²) in [4.78, 5) is 24.2. The molecule has 0 saturated carbocycles. The van der Waals surface area contributed by atoms with Crippen LogP contribution in [0.2, 0.25) is 0 Å². The minimum Gasteiger partial charge on any atom is -0.481 e. The summed E-state index contributed by atoms with van der Waals surface area (Å²) in [5.74, 6) is 0.0307. The molecule has 0 saturated heterocycles. The van der Waals surface area contributed by atoms with Crippen LogP contribution in [0.4, 0.5) is 0 Å². The first-order chi connectivity index (χ1) is 15.3. The molecule has 0 spiro atoms. The summed E-state index contributed by atoms with van der Waals surface area (Å²) in [5.41, 5.74) is 3.55. The van der Waals surface area contributed by atoms with Crippen molar-refractivity contribution in [3.63, 3.8) is 0 Å². The Balaban J connectivity index is 1.50. The van der Waals surface area contributed by atoms with E-state index in [4.69, 9.17) is 9.47 Å². The van der Waals surface area contributed by atoms with E-state index in [1.54, 1.807) is 42.5 Å². The van der Waals surface area contributed by atoms with Gasteiger partial charge in [-0.3, -0.25) is 4.79 Å². The number of rotatable bonds is 7. The van der Waals surface area contributed by atoms with Gasteiger partial charge in [0, 0.05) is 8.95 Å². The molecular weight excluding hydrogens is 676 g/mol. The molecule has 164 valence electrons. The Morgan fingerprint density at radius 3 is 2.22 bits per heavy atom. The molecule has 0 bridgehead atoms. The van der Waals surface area contributed by atoms with E-state index in [0.717, 1.165) is 4.47 Å². The van der Waals surface area contributed by atoms with Gasteiger partial charge in [-0.2, -0.15) is 5.10 Å². The number of nitrogens with one attached hydrogen (secondary N) is 1. The van der Waals surface area contributed by atoms with Crippen LogP contribution in [0.25, 0.3) is 0 Å². The summed E-state index contributed by atoms with van der Waals surface area (Å²) < 4.78 is 13.8. The zero-order valence-corrected chi connectivity index (χ0v) is 22.5. The third kappa shape index (κ3) is 6.99. The van der Waals surface area contributed by atoms with Crippen LogP contribution in [-0.4, -0.2) is 24.7 Å². The van der Waals surface area contributed by atoms with Gasteiger partial charge in [-0.05, 0) is 102 Å². The van der Waals surface area contributed by atoms with Crippen LogP contribution in [0.5, 0.6) is 11.5 Å². The van der Waals surface area contributed by atoms with Crippen molar-refractivity contribution in [3.8, 4) is 11.5 Å². The molecule has 3 aromatic rings. The van der Waals surface area contributed by atoms with E-state index in [2.05, 4.69) is 74.2 Å². The maximum Gasteiger partial charge on any atom is 0.344 e. The fourth-order valence-electron chi connectivity index (χ4n) is 2.43. The highest BCUT2D eigenvalue weighted by Gasteiger charge is 2.12. The molecule has 1 amide bonds. The summed E-state index contributed by atoms with van der Waals surface area (Å²) in [5, 5.41) is 3.91. The van der Waals surface area contributed by atoms with Gasteiger partial charge in [0.15, 0.2) is 6.61 Å². The number of hydrogen-bond donors (Lipinski definition) is 1. The van der Waals surface area contributed by atoms with Gasteiger partial charge in [-0.1, -0.05) is 28.1 Å². The number of carbonyl (C=O) groups excluding carboxylic acids is 2. The molecule has 6 nitrogen and oxygen atoms in total. The Hall–Kier alpha value is -2.01. The number of ether oxygens (including phenoxy) is 2. The normalized spacial score (nSPS) is 10.8. The topological polar surface area (TPSA) is 77.0 Å². The minimum atomic E-state index is -0.463. The molecule has 0 atom stereocenters. The van der Waals surface area contributed by atoms with Gasteiger partial charge >= 0.3 is 5.97 Å². The van der Waals surface area contributed by atoms with Gasteiger partial charge in [-0.25, -0.2) is 10.2 Å². The van der Waals surface area contributed by atoms with Crippen molar-refractivity contribution in [3.05, 3.63) is 89.7 Å². The molecule has 0 aliphatic heterocycles. The molecule has 0 heterocycles. The predicted octanol–water partition coefficient (Wildman–Crippen LogP) is 6.48. The summed E-state index contributed by atoms with van der Waals surface area (Å²) in [6.07, 6.45) is 1.47. The maximum absolute atomic E-state index is 12.2. The number of esters is 1. The van der Waals surface area contributed by atoms with Crippen molar-refractivity contribution >= 4 is 81.8 Å². The average molecular weight is 690 g/mol. The van der Waals surface area contributed by atoms with Crippen LogP contribution in [0, 0.1) is 0 Å². The zero-order chi connectivity index (χ0) is 23.1. The van der Waals surface area contributed by atoms with Crippen molar-refractivity contribution in [2.24, 2.45) is 5.10 Å². The molecule has 1 N–H and O–H groups in total. The maximum atomic E-state index is 12.2. The van der Waals surface area contributed by atoms with Crippen LogP contribution >= 0.6 is 63.7 Å². The molecule has 0 aromatic heterocycles. The highest BCUT2D eigenvalue weighted by molar-refractivity contribution is 9.11. The zero-order valence-electron chi connectivity index (χ0n) is 16.2. The van der Waals surface area contributed by atoms with Crippen molar-refractivity contribution in [2.45, 2.75) is 0 Å². The molecular formula is C22H14Br4N2O4. The van der Waals surface area contributed by atoms with Gasteiger partial charge in [0.1, 0.15) is 11.5 Å². The molecule has 3 rings (SSSR count). The monoisotopic (exact) mass is 686 g/mol. The Morgan fingerprint density at radius 1 is 0.906 bits per heavy atom. The molecule has 0 radical (unpaired) electrons. The highest BCUT2D eigenvalue weighted by Crippen LogP contribution is 2.36. The number of halogens is 4. The largest absolute Gasteiger partial charge is 0.481 e. The lowest BCUT2D eigenvalue weighted by Crippen LogP contribution is -2.24. The second kappa shape index (κ2) is 11.7. The van der Waals surface area contributed by atoms with Crippen LogP contribution in [-0.2, 0) is 4.79 Å². The molecule has 0 fully saturated rings. The van der Waals surface area contributed by atoms with E-state index in [-0.39, 0.29) is 6.61 Å². The Bertz CT molecular complexity index is 1140. The summed E-state index contributed by atoms with van der Waals surface area (Å²) >= 11 is 13.5. The lowest BCUT2D eigenvalue weighted by molar-refractivity contribution is -0.123. The Labute approximate surface area is 217 Å². The lowest BCUT2D eigenvalue weighted by atomic mass is 10.2.